The zero-order chi connectivity index (χ0) is 23.9. The fourth-order valence-electron chi connectivity index (χ4n) is 2.52. The minimum absolute atomic E-state index is 0.000549. The van der Waals surface area contributed by atoms with Crippen molar-refractivity contribution in [1.82, 2.24) is 15.7 Å². The summed E-state index contributed by atoms with van der Waals surface area (Å²) in [5, 5.41) is 6.23. The highest BCUT2D eigenvalue weighted by atomic mass is 16.7. The Morgan fingerprint density at radius 3 is 2.22 bits per heavy atom. The van der Waals surface area contributed by atoms with Crippen LogP contribution in [-0.4, -0.2) is 82.1 Å². The number of unbranched alkanes of at least 4 members (excludes halogenated alkanes) is 4. The summed E-state index contributed by atoms with van der Waals surface area (Å²) in [6.45, 7) is 2.24. The molecule has 0 aromatic rings. The van der Waals surface area contributed by atoms with E-state index in [9.17, 15) is 24.0 Å². The maximum atomic E-state index is 11.7. The summed E-state index contributed by atoms with van der Waals surface area (Å²) in [4.78, 5) is 59.9. The molecule has 0 atom stereocenters. The van der Waals surface area contributed by atoms with Crippen molar-refractivity contribution >= 4 is 30.5 Å². The molecule has 0 saturated carbocycles. The fourth-order valence-corrected chi connectivity index (χ4v) is 2.52. The third-order valence-corrected chi connectivity index (χ3v) is 4.27. The van der Waals surface area contributed by atoms with Crippen LogP contribution in [0.15, 0.2) is 0 Å². The van der Waals surface area contributed by atoms with Crippen molar-refractivity contribution < 1.29 is 38.3 Å². The van der Waals surface area contributed by atoms with Gasteiger partial charge in [0.15, 0.2) is 0 Å². The van der Waals surface area contributed by atoms with Gasteiger partial charge in [0.2, 0.25) is 12.3 Å². The first-order valence-electron chi connectivity index (χ1n) is 11.0. The summed E-state index contributed by atoms with van der Waals surface area (Å²) >= 11 is 0. The molecule has 0 bridgehead atoms. The number of carbonyl (C=O) groups excluding carboxylic acids is 5. The summed E-state index contributed by atoms with van der Waals surface area (Å²) in [7, 11) is 1.32. The molecule has 0 aliphatic rings. The molecule has 2 N–H and O–H groups in total. The number of hydrogen-bond donors (Lipinski definition) is 2. The molecule has 0 aliphatic carbocycles. The lowest BCUT2D eigenvalue weighted by molar-refractivity contribution is -0.193. The molecular formula is C21H37N3O8. The molecule has 0 spiro atoms. The van der Waals surface area contributed by atoms with E-state index in [2.05, 4.69) is 10.6 Å². The smallest absolute Gasteiger partial charge is 0.334 e. The molecule has 0 aromatic carbocycles. The Kier molecular flexibility index (Phi) is 20.0. The van der Waals surface area contributed by atoms with E-state index in [1.807, 2.05) is 0 Å². The molecule has 0 unspecified atom stereocenters. The van der Waals surface area contributed by atoms with E-state index in [0.717, 1.165) is 37.2 Å². The van der Waals surface area contributed by atoms with Gasteiger partial charge in [0, 0.05) is 39.4 Å². The third kappa shape index (κ3) is 19.4. The Balaban J connectivity index is 3.43. The lowest BCUT2D eigenvalue weighted by Crippen LogP contribution is -2.30. The van der Waals surface area contributed by atoms with Gasteiger partial charge in [0.05, 0.1) is 32.8 Å². The van der Waals surface area contributed by atoms with Crippen LogP contribution in [0, 0.1) is 0 Å². The minimum Gasteiger partial charge on any atom is -0.378 e. The van der Waals surface area contributed by atoms with Crippen molar-refractivity contribution in [2.75, 3.05) is 46.6 Å². The van der Waals surface area contributed by atoms with Crippen LogP contribution in [0.5, 0.6) is 0 Å². The first-order valence-corrected chi connectivity index (χ1v) is 11.0. The van der Waals surface area contributed by atoms with E-state index in [1.165, 1.54) is 7.05 Å². The van der Waals surface area contributed by atoms with E-state index < -0.39 is 11.9 Å². The van der Waals surface area contributed by atoms with Gasteiger partial charge < -0.3 is 29.7 Å². The summed E-state index contributed by atoms with van der Waals surface area (Å²) < 4.78 is 10.6. The Morgan fingerprint density at radius 1 is 0.812 bits per heavy atom. The molecule has 0 aromatic heterocycles. The summed E-state index contributed by atoms with van der Waals surface area (Å²) in [5.74, 6) is -1.06. The molecule has 0 aliphatic heterocycles. The van der Waals surface area contributed by atoms with E-state index >= 15 is 0 Å². The van der Waals surface area contributed by atoms with Crippen LogP contribution in [-0.2, 0) is 38.3 Å². The normalized spacial score (nSPS) is 10.3. The number of hydrogen-bond acceptors (Lipinski definition) is 8. The van der Waals surface area contributed by atoms with Gasteiger partial charge >= 0.3 is 5.97 Å². The van der Waals surface area contributed by atoms with Gasteiger partial charge in [-0.3, -0.25) is 14.4 Å². The molecule has 0 fully saturated rings. The SMILES string of the molecule is CN(OC(=O)CCOCCOCCNC(=O)CCCCCCCNC=O)C(=O)CCC=O. The topological polar surface area (TPSA) is 140 Å². The quantitative estimate of drug-likeness (QED) is 0.144. The summed E-state index contributed by atoms with van der Waals surface area (Å²) in [5.41, 5.74) is 0. The Labute approximate surface area is 189 Å². The van der Waals surface area contributed by atoms with E-state index in [1.54, 1.807) is 0 Å². The van der Waals surface area contributed by atoms with Crippen molar-refractivity contribution in [3.05, 3.63) is 0 Å². The van der Waals surface area contributed by atoms with Crippen LogP contribution in [0.4, 0.5) is 0 Å². The monoisotopic (exact) mass is 459 g/mol. The number of nitrogens with one attached hydrogen (secondary N) is 2. The van der Waals surface area contributed by atoms with Gasteiger partial charge in [-0.05, 0) is 12.8 Å². The van der Waals surface area contributed by atoms with Crippen molar-refractivity contribution in [1.29, 1.82) is 0 Å². The predicted molar refractivity (Wildman–Crippen MR) is 115 cm³/mol. The lowest BCUT2D eigenvalue weighted by Gasteiger charge is -2.15. The van der Waals surface area contributed by atoms with Crippen LogP contribution in [0.2, 0.25) is 0 Å². The van der Waals surface area contributed by atoms with Gasteiger partial charge in [-0.25, -0.2) is 4.79 Å². The molecule has 0 saturated heterocycles. The number of amides is 3. The standard InChI is InChI=1S/C21H37N3O8/c1-24(20(28)9-7-13-25)32-21(29)10-14-30-16-17-31-15-12-23-19(27)8-5-3-2-4-6-11-22-18-26/h13,18H,2-12,14-17H2,1H3,(H,22,26)(H,23,27). The van der Waals surface area contributed by atoms with E-state index in [-0.39, 0.29) is 38.4 Å². The second-order valence-electron chi connectivity index (χ2n) is 6.97. The van der Waals surface area contributed by atoms with Crippen molar-refractivity contribution in [2.24, 2.45) is 0 Å². The Morgan fingerprint density at radius 2 is 1.50 bits per heavy atom. The maximum absolute atomic E-state index is 11.7. The molecule has 11 nitrogen and oxygen atoms in total. The molecule has 0 rings (SSSR count). The van der Waals surface area contributed by atoms with Crippen LogP contribution in [0.1, 0.15) is 57.8 Å². The average molecular weight is 460 g/mol. The van der Waals surface area contributed by atoms with E-state index in [0.29, 0.717) is 45.4 Å². The number of hydroxylamine groups is 2. The molecule has 184 valence electrons. The first kappa shape index (κ1) is 29.5. The van der Waals surface area contributed by atoms with Crippen LogP contribution < -0.4 is 10.6 Å². The van der Waals surface area contributed by atoms with E-state index in [4.69, 9.17) is 14.3 Å². The first-order chi connectivity index (χ1) is 15.5. The fraction of sp³-hybridized carbons (Fsp3) is 0.762. The Bertz CT molecular complexity index is 545. The van der Waals surface area contributed by atoms with Crippen molar-refractivity contribution in [3.8, 4) is 0 Å². The van der Waals surface area contributed by atoms with Crippen molar-refractivity contribution in [3.63, 3.8) is 0 Å². The van der Waals surface area contributed by atoms with Crippen molar-refractivity contribution in [2.45, 2.75) is 57.8 Å². The second kappa shape index (κ2) is 21.7. The molecule has 0 radical (unpaired) electrons. The lowest BCUT2D eigenvalue weighted by atomic mass is 10.1. The van der Waals surface area contributed by atoms with Gasteiger partial charge in [-0.15, -0.1) is 0 Å². The predicted octanol–water partition coefficient (Wildman–Crippen LogP) is 0.508. The third-order valence-electron chi connectivity index (χ3n) is 4.27. The Hall–Kier alpha value is -2.53. The maximum Gasteiger partial charge on any atom is 0.334 e. The van der Waals surface area contributed by atoms with Crippen LogP contribution >= 0.6 is 0 Å². The van der Waals surface area contributed by atoms with Gasteiger partial charge in [-0.2, -0.15) is 5.06 Å². The highest BCUT2D eigenvalue weighted by molar-refractivity contribution is 5.79. The number of aldehydes is 1. The van der Waals surface area contributed by atoms with Gasteiger partial charge in [0.1, 0.15) is 6.29 Å². The largest absolute Gasteiger partial charge is 0.378 e. The number of ether oxygens (including phenoxy) is 2. The number of rotatable bonds is 21. The summed E-state index contributed by atoms with van der Waals surface area (Å²) in [6, 6.07) is 0. The molecule has 32 heavy (non-hydrogen) atoms. The number of nitrogens with zero attached hydrogens (tertiary/aromatic N) is 1. The zero-order valence-corrected chi connectivity index (χ0v) is 19.0. The number of carbonyl (C=O) groups is 5. The van der Waals surface area contributed by atoms with Gasteiger partial charge in [-0.1, -0.05) is 19.3 Å². The van der Waals surface area contributed by atoms with Gasteiger partial charge in [0.25, 0.3) is 5.91 Å². The average Bonchev–Trinajstić information content (AvgIpc) is 2.77. The molecule has 11 heteroatoms. The highest BCUT2D eigenvalue weighted by Crippen LogP contribution is 2.04. The second-order valence-corrected chi connectivity index (χ2v) is 6.97. The molecule has 3 amide bonds. The molecule has 0 heterocycles. The highest BCUT2D eigenvalue weighted by Gasteiger charge is 2.13. The van der Waals surface area contributed by atoms with Crippen LogP contribution in [0.3, 0.4) is 0 Å². The zero-order valence-electron chi connectivity index (χ0n) is 19.0. The summed E-state index contributed by atoms with van der Waals surface area (Å²) in [6.07, 6.45) is 6.74. The van der Waals surface area contributed by atoms with Crippen LogP contribution in [0.25, 0.3) is 0 Å². The molecular weight excluding hydrogens is 422 g/mol. The minimum atomic E-state index is -0.606.